The van der Waals surface area contributed by atoms with Crippen LogP contribution in [0.25, 0.3) is 11.1 Å². The van der Waals surface area contributed by atoms with Gasteiger partial charge >= 0.3 is 0 Å². The summed E-state index contributed by atoms with van der Waals surface area (Å²) in [6.45, 7) is 5.45. The molecule has 0 heterocycles. The molecule has 2 aromatic rings. The van der Waals surface area contributed by atoms with Crippen molar-refractivity contribution >= 4 is 0 Å². The summed E-state index contributed by atoms with van der Waals surface area (Å²) in [5, 5.41) is 0. The van der Waals surface area contributed by atoms with Crippen molar-refractivity contribution < 1.29 is 13.2 Å². The summed E-state index contributed by atoms with van der Waals surface area (Å²) in [4.78, 5) is 0. The van der Waals surface area contributed by atoms with Crippen LogP contribution in [0.15, 0.2) is 43.0 Å². The monoisotopic (exact) mass is 384 g/mol. The lowest BCUT2D eigenvalue weighted by Crippen LogP contribution is -2.30. The van der Waals surface area contributed by atoms with E-state index < -0.39 is 17.5 Å². The van der Waals surface area contributed by atoms with E-state index in [9.17, 15) is 13.2 Å². The number of fused-ring (bicyclic) bond motifs is 1. The van der Waals surface area contributed by atoms with Gasteiger partial charge in [-0.3, -0.25) is 0 Å². The maximum absolute atomic E-state index is 14.8. The van der Waals surface area contributed by atoms with Crippen LogP contribution < -0.4 is 0 Å². The fourth-order valence-electron chi connectivity index (χ4n) is 5.30. The zero-order valence-corrected chi connectivity index (χ0v) is 16.4. The molecular formula is C25H27F3. The van der Waals surface area contributed by atoms with Crippen molar-refractivity contribution in [2.75, 3.05) is 0 Å². The van der Waals surface area contributed by atoms with Gasteiger partial charge in [0.25, 0.3) is 0 Å². The van der Waals surface area contributed by atoms with Crippen molar-refractivity contribution in [2.45, 2.75) is 51.4 Å². The van der Waals surface area contributed by atoms with Crippen LogP contribution in [0.4, 0.5) is 13.2 Å². The average molecular weight is 384 g/mol. The Balaban J connectivity index is 1.54. The largest absolute Gasteiger partial charge is 0.206 e. The molecule has 0 amide bonds. The number of benzene rings is 2. The highest BCUT2D eigenvalue weighted by Gasteiger charge is 2.35. The lowest BCUT2D eigenvalue weighted by molar-refractivity contribution is 0.133. The second-order valence-electron chi connectivity index (χ2n) is 8.64. The predicted octanol–water partition coefficient (Wildman–Crippen LogP) is 7.57. The molecule has 28 heavy (non-hydrogen) atoms. The smallest absolute Gasteiger partial charge is 0.167 e. The second-order valence-corrected chi connectivity index (χ2v) is 8.64. The molecule has 148 valence electrons. The molecule has 4 unspecified atom stereocenters. The van der Waals surface area contributed by atoms with Crippen molar-refractivity contribution in [3.63, 3.8) is 0 Å². The Labute approximate surface area is 165 Å². The van der Waals surface area contributed by atoms with E-state index in [-0.39, 0.29) is 16.7 Å². The first-order valence-electron chi connectivity index (χ1n) is 10.3. The lowest BCUT2D eigenvalue weighted by atomic mass is 9.64. The molecule has 4 atom stereocenters. The van der Waals surface area contributed by atoms with E-state index in [4.69, 9.17) is 0 Å². The molecule has 2 fully saturated rings. The minimum Gasteiger partial charge on any atom is -0.206 e. The van der Waals surface area contributed by atoms with Crippen LogP contribution in [0.3, 0.4) is 0 Å². The predicted molar refractivity (Wildman–Crippen MR) is 108 cm³/mol. The standard InChI is InChI=1S/C25H27F3/c1-3-16-5-6-18-13-19(8-7-17(18)12-16)20-9-11-21(23(26)14-20)22-10-4-15(2)24(27)25(22)28/h3-4,9-11,14,16-19H,1,5-8,12-13H2,2H3. The summed E-state index contributed by atoms with van der Waals surface area (Å²) < 4.78 is 43.0. The fraction of sp³-hybridized carbons (Fsp3) is 0.440. The highest BCUT2D eigenvalue weighted by atomic mass is 19.2. The number of halogens is 3. The van der Waals surface area contributed by atoms with E-state index in [1.807, 2.05) is 6.07 Å². The minimum absolute atomic E-state index is 0.0152. The summed E-state index contributed by atoms with van der Waals surface area (Å²) in [7, 11) is 0. The Morgan fingerprint density at radius 2 is 1.57 bits per heavy atom. The van der Waals surface area contributed by atoms with Gasteiger partial charge in [-0.15, -0.1) is 6.58 Å². The van der Waals surface area contributed by atoms with Crippen molar-refractivity contribution in [1.82, 2.24) is 0 Å². The van der Waals surface area contributed by atoms with E-state index in [0.717, 1.165) is 24.3 Å². The van der Waals surface area contributed by atoms with Gasteiger partial charge < -0.3 is 0 Å². The molecule has 0 spiro atoms. The van der Waals surface area contributed by atoms with Crippen molar-refractivity contribution in [2.24, 2.45) is 17.8 Å². The van der Waals surface area contributed by atoms with Crippen LogP contribution >= 0.6 is 0 Å². The number of hydrogen-bond donors (Lipinski definition) is 0. The third-order valence-corrected chi connectivity index (χ3v) is 7.02. The van der Waals surface area contributed by atoms with E-state index in [1.165, 1.54) is 50.8 Å². The maximum atomic E-state index is 14.8. The molecule has 3 heteroatoms. The Bertz CT molecular complexity index is 886. The van der Waals surface area contributed by atoms with Crippen molar-refractivity contribution in [3.05, 3.63) is 71.6 Å². The topological polar surface area (TPSA) is 0 Å². The highest BCUT2D eigenvalue weighted by Crippen LogP contribution is 2.48. The molecule has 0 radical (unpaired) electrons. The Morgan fingerprint density at radius 1 is 0.857 bits per heavy atom. The molecule has 4 rings (SSSR count). The molecule has 0 saturated heterocycles. The van der Waals surface area contributed by atoms with Crippen LogP contribution in [-0.4, -0.2) is 0 Å². The van der Waals surface area contributed by atoms with Gasteiger partial charge in [0.2, 0.25) is 0 Å². The van der Waals surface area contributed by atoms with E-state index in [2.05, 4.69) is 12.7 Å². The van der Waals surface area contributed by atoms with Gasteiger partial charge in [-0.25, -0.2) is 13.2 Å². The average Bonchev–Trinajstić information content (AvgIpc) is 2.72. The van der Waals surface area contributed by atoms with Gasteiger partial charge in [-0.1, -0.05) is 30.3 Å². The molecule has 0 N–H and O–H groups in total. The third kappa shape index (κ3) is 3.52. The minimum atomic E-state index is -0.980. The third-order valence-electron chi connectivity index (χ3n) is 7.02. The Hall–Kier alpha value is -2.03. The summed E-state index contributed by atoms with van der Waals surface area (Å²) >= 11 is 0. The van der Waals surface area contributed by atoms with Gasteiger partial charge in [0, 0.05) is 11.1 Å². The molecule has 0 nitrogen and oxygen atoms in total. The van der Waals surface area contributed by atoms with E-state index in [1.54, 1.807) is 6.07 Å². The summed E-state index contributed by atoms with van der Waals surface area (Å²) in [6, 6.07) is 7.98. The van der Waals surface area contributed by atoms with Crippen molar-refractivity contribution in [1.29, 1.82) is 0 Å². The fourth-order valence-corrected chi connectivity index (χ4v) is 5.30. The van der Waals surface area contributed by atoms with Crippen LogP contribution in [0.5, 0.6) is 0 Å². The maximum Gasteiger partial charge on any atom is 0.167 e. The molecule has 2 aromatic carbocycles. The zero-order valence-electron chi connectivity index (χ0n) is 16.4. The van der Waals surface area contributed by atoms with E-state index >= 15 is 0 Å². The van der Waals surface area contributed by atoms with Gasteiger partial charge in [0.15, 0.2) is 11.6 Å². The van der Waals surface area contributed by atoms with Crippen LogP contribution in [-0.2, 0) is 0 Å². The van der Waals surface area contributed by atoms with Crippen LogP contribution in [0.1, 0.15) is 55.6 Å². The van der Waals surface area contributed by atoms with Crippen molar-refractivity contribution in [3.8, 4) is 11.1 Å². The van der Waals surface area contributed by atoms with Gasteiger partial charge in [-0.2, -0.15) is 0 Å². The normalized spacial score (nSPS) is 27.3. The summed E-state index contributed by atoms with van der Waals surface area (Å²) in [5.41, 5.74) is 1.32. The quantitative estimate of drug-likeness (QED) is 0.479. The first kappa shape index (κ1) is 19.3. The second kappa shape index (κ2) is 7.77. The number of hydrogen-bond acceptors (Lipinski definition) is 0. The summed E-state index contributed by atoms with van der Waals surface area (Å²) in [5.74, 6) is 0.116. The number of allylic oxidation sites excluding steroid dienone is 1. The molecule has 0 aliphatic heterocycles. The van der Waals surface area contributed by atoms with E-state index in [0.29, 0.717) is 17.8 Å². The molecule has 2 aliphatic carbocycles. The van der Waals surface area contributed by atoms with Gasteiger partial charge in [0.1, 0.15) is 5.82 Å². The number of rotatable bonds is 3. The molecule has 0 bridgehead atoms. The first-order chi connectivity index (χ1) is 13.5. The Kier molecular flexibility index (Phi) is 5.35. The zero-order chi connectivity index (χ0) is 19.8. The van der Waals surface area contributed by atoms with Crippen LogP contribution in [0.2, 0.25) is 0 Å². The molecule has 2 aliphatic rings. The lowest BCUT2D eigenvalue weighted by Gasteiger charge is -2.41. The van der Waals surface area contributed by atoms with Crippen LogP contribution in [0, 0.1) is 42.1 Å². The molecular weight excluding hydrogens is 357 g/mol. The highest BCUT2D eigenvalue weighted by molar-refractivity contribution is 5.66. The number of aryl methyl sites for hydroxylation is 1. The van der Waals surface area contributed by atoms with Gasteiger partial charge in [-0.05, 0) is 86.3 Å². The molecule has 0 aromatic heterocycles. The summed E-state index contributed by atoms with van der Waals surface area (Å²) in [6.07, 6.45) is 9.13. The first-order valence-corrected chi connectivity index (χ1v) is 10.3. The SMILES string of the molecule is C=CC1CCC2CC(c3ccc(-c4ccc(C)c(F)c4F)c(F)c3)CCC2C1. The van der Waals surface area contributed by atoms with Gasteiger partial charge in [0.05, 0.1) is 0 Å². The molecule has 2 saturated carbocycles. The Morgan fingerprint density at radius 3 is 2.32 bits per heavy atom.